The summed E-state index contributed by atoms with van der Waals surface area (Å²) >= 11 is 2.99. The van der Waals surface area contributed by atoms with Crippen molar-refractivity contribution >= 4 is 55.4 Å². The zero-order chi connectivity index (χ0) is 27.4. The first-order valence-corrected chi connectivity index (χ1v) is 14.0. The Bertz CT molecular complexity index is 2200. The largest absolute Gasteiger partial charge is 0.496 e. The van der Waals surface area contributed by atoms with Gasteiger partial charge in [0.2, 0.25) is 0 Å². The van der Waals surface area contributed by atoms with Gasteiger partial charge in [-0.3, -0.25) is 0 Å². The summed E-state index contributed by atoms with van der Waals surface area (Å²) in [6.07, 6.45) is 0. The molecule has 0 fully saturated rings. The fourth-order valence-electron chi connectivity index (χ4n) is 4.87. The molecule has 0 N–H and O–H groups in total. The Morgan fingerprint density at radius 2 is 1.25 bits per heavy atom. The van der Waals surface area contributed by atoms with E-state index in [1.165, 1.54) is 22.7 Å². The van der Waals surface area contributed by atoms with Crippen LogP contribution in [0.1, 0.15) is 0 Å². The van der Waals surface area contributed by atoms with Crippen LogP contribution >= 0.6 is 22.7 Å². The van der Waals surface area contributed by atoms with Crippen molar-refractivity contribution in [2.24, 2.45) is 0 Å². The molecule has 40 heavy (non-hydrogen) atoms. The average Bonchev–Trinajstić information content (AvgIpc) is 3.66. The fraction of sp³-hybridized carbons (Fsp3) is 0.0625. The van der Waals surface area contributed by atoms with E-state index >= 15 is 0 Å². The van der Waals surface area contributed by atoms with E-state index < -0.39 is 5.63 Å². The second-order valence-corrected chi connectivity index (χ2v) is 11.3. The Kier molecular flexibility index (Phi) is 5.80. The van der Waals surface area contributed by atoms with Crippen molar-refractivity contribution in [3.8, 4) is 42.1 Å². The third-order valence-corrected chi connectivity index (χ3v) is 9.29. The summed E-state index contributed by atoms with van der Waals surface area (Å²) in [5.74, 6) is 1.10. The minimum Gasteiger partial charge on any atom is -0.496 e. The molecule has 4 heterocycles. The predicted octanol–water partition coefficient (Wildman–Crippen LogP) is 8.19. The molecule has 0 atom stereocenters. The highest BCUT2D eigenvalue weighted by atomic mass is 32.1. The maximum Gasteiger partial charge on any atom is 0.345 e. The van der Waals surface area contributed by atoms with Gasteiger partial charge in [0.15, 0.2) is 0 Å². The summed E-state index contributed by atoms with van der Waals surface area (Å²) in [4.78, 5) is 29.5. The normalized spacial score (nSPS) is 11.4. The Morgan fingerprint density at radius 3 is 1.98 bits per heavy atom. The van der Waals surface area contributed by atoms with E-state index in [2.05, 4.69) is 0 Å². The highest BCUT2D eigenvalue weighted by Gasteiger charge is 2.17. The Morgan fingerprint density at radius 1 is 0.600 bits per heavy atom. The minimum absolute atomic E-state index is 0.372. The number of benzene rings is 3. The van der Waals surface area contributed by atoms with E-state index in [0.29, 0.717) is 39.2 Å². The molecule has 8 heteroatoms. The van der Waals surface area contributed by atoms with Crippen LogP contribution in [0.15, 0.2) is 103 Å². The Balaban J connectivity index is 1.26. The summed E-state index contributed by atoms with van der Waals surface area (Å²) < 4.78 is 22.2. The minimum atomic E-state index is -0.440. The number of hydrogen-bond acceptors (Lipinski definition) is 8. The average molecular weight is 565 g/mol. The molecule has 6 nitrogen and oxygen atoms in total. The quantitative estimate of drug-likeness (QED) is 0.155. The lowest BCUT2D eigenvalue weighted by atomic mass is 10.1. The number of fused-ring (bicyclic) bond motifs is 4. The molecule has 0 bridgehead atoms. The Labute approximate surface area is 235 Å². The number of methoxy groups -OCH3 is 2. The zero-order valence-corrected chi connectivity index (χ0v) is 23.0. The number of hydrogen-bond donors (Lipinski definition) is 0. The molecule has 3 aromatic carbocycles. The summed E-state index contributed by atoms with van der Waals surface area (Å²) in [5, 5.41) is 3.49. The third kappa shape index (κ3) is 4.00. The lowest BCUT2D eigenvalue weighted by Gasteiger charge is -2.08. The van der Waals surface area contributed by atoms with Gasteiger partial charge in [0.05, 0.1) is 30.7 Å². The van der Waals surface area contributed by atoms with E-state index in [4.69, 9.17) is 18.3 Å². The van der Waals surface area contributed by atoms with Gasteiger partial charge in [-0.05, 0) is 41.8 Å². The van der Waals surface area contributed by atoms with Crippen molar-refractivity contribution in [1.29, 1.82) is 0 Å². The highest BCUT2D eigenvalue weighted by Crippen LogP contribution is 2.41. The first kappa shape index (κ1) is 24.4. The molecule has 7 rings (SSSR count). The van der Waals surface area contributed by atoms with Crippen LogP contribution in [0.25, 0.3) is 63.3 Å². The predicted molar refractivity (Wildman–Crippen MR) is 161 cm³/mol. The SMILES string of the molecule is COc1cc(OC)c2cc(-c3ccc(-c4ccc(-c5cc6ccc7ccccc7c6oc5=O)s4)s3)c(=O)oc2c1. The Hall–Kier alpha value is -4.66. The third-order valence-electron chi connectivity index (χ3n) is 6.85. The lowest BCUT2D eigenvalue weighted by Crippen LogP contribution is -2.02. The van der Waals surface area contributed by atoms with E-state index in [1.54, 1.807) is 32.4 Å². The number of rotatable bonds is 5. The summed E-state index contributed by atoms with van der Waals surface area (Å²) in [5.41, 5.74) is 1.15. The van der Waals surface area contributed by atoms with Gasteiger partial charge in [-0.2, -0.15) is 0 Å². The molecule has 0 aliphatic heterocycles. The zero-order valence-electron chi connectivity index (χ0n) is 21.3. The van der Waals surface area contributed by atoms with E-state index in [-0.39, 0.29) is 5.63 Å². The van der Waals surface area contributed by atoms with Crippen molar-refractivity contribution in [3.05, 3.63) is 106 Å². The van der Waals surface area contributed by atoms with E-state index in [0.717, 1.165) is 35.7 Å². The molecule has 0 saturated heterocycles. The molecule has 0 unspecified atom stereocenters. The van der Waals surface area contributed by atoms with Gasteiger partial charge in [-0.25, -0.2) is 9.59 Å². The molecule has 0 spiro atoms. The van der Waals surface area contributed by atoms with Crippen LogP contribution in [0.3, 0.4) is 0 Å². The van der Waals surface area contributed by atoms with Crippen LogP contribution in [-0.4, -0.2) is 14.2 Å². The maximum absolute atomic E-state index is 13.0. The van der Waals surface area contributed by atoms with Crippen molar-refractivity contribution in [3.63, 3.8) is 0 Å². The van der Waals surface area contributed by atoms with Crippen molar-refractivity contribution < 1.29 is 18.3 Å². The van der Waals surface area contributed by atoms with Gasteiger partial charge in [-0.1, -0.05) is 36.4 Å². The fourth-order valence-corrected chi connectivity index (χ4v) is 6.98. The van der Waals surface area contributed by atoms with Crippen LogP contribution < -0.4 is 20.7 Å². The monoisotopic (exact) mass is 564 g/mol. The van der Waals surface area contributed by atoms with E-state index in [9.17, 15) is 9.59 Å². The van der Waals surface area contributed by atoms with Gasteiger partial charge in [0.1, 0.15) is 22.7 Å². The van der Waals surface area contributed by atoms with Crippen LogP contribution in [0.5, 0.6) is 11.5 Å². The van der Waals surface area contributed by atoms with Gasteiger partial charge in [-0.15, -0.1) is 22.7 Å². The van der Waals surface area contributed by atoms with Crippen LogP contribution in [0, 0.1) is 0 Å². The molecule has 0 amide bonds. The summed E-state index contributed by atoms with van der Waals surface area (Å²) in [7, 11) is 3.11. The second kappa shape index (κ2) is 9.51. The summed E-state index contributed by atoms with van der Waals surface area (Å²) in [6.45, 7) is 0. The second-order valence-electron chi connectivity index (χ2n) is 9.17. The maximum atomic E-state index is 13.0. The molecule has 0 radical (unpaired) electrons. The molecular weight excluding hydrogens is 544 g/mol. The molecule has 0 aliphatic rings. The first-order valence-electron chi connectivity index (χ1n) is 12.4. The van der Waals surface area contributed by atoms with Crippen molar-refractivity contribution in [2.75, 3.05) is 14.2 Å². The van der Waals surface area contributed by atoms with Crippen molar-refractivity contribution in [2.45, 2.75) is 0 Å². The molecule has 7 aromatic rings. The van der Waals surface area contributed by atoms with Crippen LogP contribution in [-0.2, 0) is 0 Å². The molecule has 196 valence electrons. The number of thiophene rings is 2. The standard InChI is InChI=1S/C32H20O6S2/c1-35-19-14-24(36-2)21-16-23(31(33)37-25(21)15-19)27-10-12-29(40-27)28-11-9-26(39-28)22-13-18-8-7-17-5-3-4-6-20(17)30(18)38-32(22)34/h3-16H,1-2H3. The lowest BCUT2D eigenvalue weighted by molar-refractivity contribution is 0.396. The van der Waals surface area contributed by atoms with Crippen LogP contribution in [0.2, 0.25) is 0 Å². The summed E-state index contributed by atoms with van der Waals surface area (Å²) in [6, 6.07) is 26.8. The van der Waals surface area contributed by atoms with Gasteiger partial charge >= 0.3 is 11.3 Å². The molecule has 4 aromatic heterocycles. The smallest absolute Gasteiger partial charge is 0.345 e. The van der Waals surface area contributed by atoms with Gasteiger partial charge in [0.25, 0.3) is 0 Å². The number of ether oxygens (including phenoxy) is 2. The van der Waals surface area contributed by atoms with E-state index in [1.807, 2.05) is 66.7 Å². The molecule has 0 saturated carbocycles. The van der Waals surface area contributed by atoms with Crippen LogP contribution in [0.4, 0.5) is 0 Å². The molecular formula is C32H20O6S2. The van der Waals surface area contributed by atoms with Crippen molar-refractivity contribution in [1.82, 2.24) is 0 Å². The van der Waals surface area contributed by atoms with Gasteiger partial charge < -0.3 is 18.3 Å². The topological polar surface area (TPSA) is 78.9 Å². The first-order chi connectivity index (χ1) is 19.5. The molecule has 0 aliphatic carbocycles. The van der Waals surface area contributed by atoms with Gasteiger partial charge in [0, 0.05) is 42.4 Å². The highest BCUT2D eigenvalue weighted by molar-refractivity contribution is 7.25.